The van der Waals surface area contributed by atoms with Gasteiger partial charge in [0.2, 0.25) is 0 Å². The molecular formula is C17H30N2. The second-order valence-corrected chi connectivity index (χ2v) is 5.58. The minimum Gasteiger partial charge on any atom is -0.317 e. The van der Waals surface area contributed by atoms with E-state index in [4.69, 9.17) is 0 Å². The third-order valence-corrected chi connectivity index (χ3v) is 3.70. The van der Waals surface area contributed by atoms with Crippen LogP contribution in [0.2, 0.25) is 0 Å². The van der Waals surface area contributed by atoms with E-state index < -0.39 is 0 Å². The summed E-state index contributed by atoms with van der Waals surface area (Å²) in [6, 6.07) is 8.85. The van der Waals surface area contributed by atoms with Gasteiger partial charge in [-0.1, -0.05) is 51.5 Å². The Labute approximate surface area is 119 Å². The Morgan fingerprint density at radius 1 is 1.16 bits per heavy atom. The van der Waals surface area contributed by atoms with Gasteiger partial charge in [-0.05, 0) is 43.6 Å². The topological polar surface area (TPSA) is 15.3 Å². The number of nitrogens with one attached hydrogen (secondary N) is 1. The van der Waals surface area contributed by atoms with Crippen molar-refractivity contribution in [3.05, 3.63) is 35.4 Å². The molecule has 0 amide bonds. The molecule has 1 rings (SSSR count). The summed E-state index contributed by atoms with van der Waals surface area (Å²) in [7, 11) is 2.23. The minimum absolute atomic E-state index is 0.777. The zero-order valence-electron chi connectivity index (χ0n) is 13.1. The number of benzene rings is 1. The van der Waals surface area contributed by atoms with E-state index in [2.05, 4.69) is 62.3 Å². The molecule has 0 saturated heterocycles. The molecule has 1 unspecified atom stereocenters. The van der Waals surface area contributed by atoms with Crippen molar-refractivity contribution in [2.75, 3.05) is 26.7 Å². The molecule has 2 heteroatoms. The summed E-state index contributed by atoms with van der Waals surface area (Å²) in [5, 5.41) is 3.41. The first-order valence-corrected chi connectivity index (χ1v) is 7.63. The quantitative estimate of drug-likeness (QED) is 0.687. The summed E-state index contributed by atoms with van der Waals surface area (Å²) in [5.41, 5.74) is 2.96. The number of likely N-dealkylation sites (N-methyl/N-ethyl adjacent to an activating group) is 1. The fourth-order valence-corrected chi connectivity index (χ4v) is 2.37. The highest BCUT2D eigenvalue weighted by atomic mass is 15.1. The molecule has 1 N–H and O–H groups in total. The Morgan fingerprint density at radius 2 is 1.84 bits per heavy atom. The van der Waals surface area contributed by atoms with Crippen LogP contribution in [0.1, 0.15) is 38.3 Å². The second-order valence-electron chi connectivity index (χ2n) is 5.58. The molecule has 0 spiro atoms. The molecule has 0 heterocycles. The standard InChI is InChI=1S/C17H30N2/c1-5-15(3)13-19(4)14-17-10-8-7-9-16(17)11-12-18-6-2/h7-10,15,18H,5-6,11-14H2,1-4H3. The van der Waals surface area contributed by atoms with Crippen LogP contribution in [0.15, 0.2) is 24.3 Å². The third kappa shape index (κ3) is 6.22. The molecule has 2 nitrogen and oxygen atoms in total. The van der Waals surface area contributed by atoms with E-state index in [1.165, 1.54) is 24.1 Å². The van der Waals surface area contributed by atoms with Gasteiger partial charge < -0.3 is 10.2 Å². The molecule has 0 bridgehead atoms. The van der Waals surface area contributed by atoms with Gasteiger partial charge in [0.05, 0.1) is 0 Å². The summed E-state index contributed by atoms with van der Waals surface area (Å²) >= 11 is 0. The van der Waals surface area contributed by atoms with Crippen molar-refractivity contribution in [1.29, 1.82) is 0 Å². The average Bonchev–Trinajstić information content (AvgIpc) is 2.40. The van der Waals surface area contributed by atoms with Gasteiger partial charge in [0.1, 0.15) is 0 Å². The lowest BCUT2D eigenvalue weighted by Crippen LogP contribution is -2.24. The molecule has 1 atom stereocenters. The van der Waals surface area contributed by atoms with Crippen molar-refractivity contribution in [2.24, 2.45) is 5.92 Å². The van der Waals surface area contributed by atoms with E-state index in [1.54, 1.807) is 0 Å². The van der Waals surface area contributed by atoms with Crippen molar-refractivity contribution in [3.63, 3.8) is 0 Å². The summed E-state index contributed by atoms with van der Waals surface area (Å²) in [5.74, 6) is 0.777. The van der Waals surface area contributed by atoms with E-state index >= 15 is 0 Å². The third-order valence-electron chi connectivity index (χ3n) is 3.70. The monoisotopic (exact) mass is 262 g/mol. The lowest BCUT2D eigenvalue weighted by molar-refractivity contribution is 0.274. The van der Waals surface area contributed by atoms with Crippen LogP contribution < -0.4 is 5.32 Å². The molecule has 0 aliphatic heterocycles. The Morgan fingerprint density at radius 3 is 2.47 bits per heavy atom. The molecule has 1 aromatic carbocycles. The summed E-state index contributed by atoms with van der Waals surface area (Å²) < 4.78 is 0. The van der Waals surface area contributed by atoms with Crippen molar-refractivity contribution in [2.45, 2.75) is 40.2 Å². The Bertz CT molecular complexity index is 349. The zero-order chi connectivity index (χ0) is 14.1. The van der Waals surface area contributed by atoms with Crippen molar-refractivity contribution in [1.82, 2.24) is 10.2 Å². The largest absolute Gasteiger partial charge is 0.317 e. The SMILES string of the molecule is CCNCCc1ccccc1CN(C)CC(C)CC. The summed E-state index contributed by atoms with van der Waals surface area (Å²) in [6.45, 7) is 11.1. The fraction of sp³-hybridized carbons (Fsp3) is 0.647. The van der Waals surface area contributed by atoms with Crippen LogP contribution in [0, 0.1) is 5.92 Å². The van der Waals surface area contributed by atoms with Gasteiger partial charge >= 0.3 is 0 Å². The van der Waals surface area contributed by atoms with Crippen LogP contribution in [-0.2, 0) is 13.0 Å². The highest BCUT2D eigenvalue weighted by molar-refractivity contribution is 5.27. The van der Waals surface area contributed by atoms with Gasteiger partial charge in [-0.25, -0.2) is 0 Å². The summed E-state index contributed by atoms with van der Waals surface area (Å²) in [6.07, 6.45) is 2.38. The molecule has 0 aliphatic rings. The second kappa shape index (κ2) is 9.11. The summed E-state index contributed by atoms with van der Waals surface area (Å²) in [4.78, 5) is 2.44. The fourth-order valence-electron chi connectivity index (χ4n) is 2.37. The van der Waals surface area contributed by atoms with Crippen LogP contribution in [0.5, 0.6) is 0 Å². The molecule has 19 heavy (non-hydrogen) atoms. The lowest BCUT2D eigenvalue weighted by atomic mass is 10.0. The van der Waals surface area contributed by atoms with E-state index in [0.29, 0.717) is 0 Å². The van der Waals surface area contributed by atoms with Crippen LogP contribution in [0.3, 0.4) is 0 Å². The Hall–Kier alpha value is -0.860. The Kier molecular flexibility index (Phi) is 7.76. The van der Waals surface area contributed by atoms with Gasteiger partial charge in [0.15, 0.2) is 0 Å². The number of hydrogen-bond acceptors (Lipinski definition) is 2. The van der Waals surface area contributed by atoms with Gasteiger partial charge in [-0.3, -0.25) is 0 Å². The molecule has 0 aliphatic carbocycles. The highest BCUT2D eigenvalue weighted by Crippen LogP contribution is 2.13. The van der Waals surface area contributed by atoms with Gasteiger partial charge in [0, 0.05) is 13.1 Å². The molecular weight excluding hydrogens is 232 g/mol. The maximum Gasteiger partial charge on any atom is 0.0233 e. The van der Waals surface area contributed by atoms with Crippen molar-refractivity contribution in [3.8, 4) is 0 Å². The Balaban J connectivity index is 2.56. The smallest absolute Gasteiger partial charge is 0.0233 e. The van der Waals surface area contributed by atoms with Gasteiger partial charge in [-0.15, -0.1) is 0 Å². The number of hydrogen-bond donors (Lipinski definition) is 1. The molecule has 1 aromatic rings. The van der Waals surface area contributed by atoms with Crippen molar-refractivity contribution >= 4 is 0 Å². The first-order chi connectivity index (χ1) is 9.17. The lowest BCUT2D eigenvalue weighted by Gasteiger charge is -2.22. The average molecular weight is 262 g/mol. The predicted octanol–water partition coefficient (Wildman–Crippen LogP) is 3.32. The maximum atomic E-state index is 3.41. The molecule has 108 valence electrons. The van der Waals surface area contributed by atoms with Gasteiger partial charge in [0.25, 0.3) is 0 Å². The highest BCUT2D eigenvalue weighted by Gasteiger charge is 2.07. The first kappa shape index (κ1) is 16.2. The van der Waals surface area contributed by atoms with E-state index in [0.717, 1.165) is 32.0 Å². The van der Waals surface area contributed by atoms with Gasteiger partial charge in [-0.2, -0.15) is 0 Å². The van der Waals surface area contributed by atoms with Crippen LogP contribution >= 0.6 is 0 Å². The molecule has 0 fully saturated rings. The zero-order valence-corrected chi connectivity index (χ0v) is 13.1. The van der Waals surface area contributed by atoms with E-state index in [-0.39, 0.29) is 0 Å². The predicted molar refractivity (Wildman–Crippen MR) is 84.5 cm³/mol. The van der Waals surface area contributed by atoms with Crippen LogP contribution in [0.25, 0.3) is 0 Å². The molecule has 0 aromatic heterocycles. The van der Waals surface area contributed by atoms with E-state index in [1.807, 2.05) is 0 Å². The molecule has 0 saturated carbocycles. The van der Waals surface area contributed by atoms with Crippen molar-refractivity contribution < 1.29 is 0 Å². The number of nitrogens with zero attached hydrogens (tertiary/aromatic N) is 1. The maximum absolute atomic E-state index is 3.41. The number of rotatable bonds is 9. The molecule has 0 radical (unpaired) electrons. The van der Waals surface area contributed by atoms with E-state index in [9.17, 15) is 0 Å². The van der Waals surface area contributed by atoms with Crippen LogP contribution in [0.4, 0.5) is 0 Å². The normalized spacial score (nSPS) is 12.9. The minimum atomic E-state index is 0.777. The van der Waals surface area contributed by atoms with Crippen LogP contribution in [-0.4, -0.2) is 31.6 Å². The first-order valence-electron chi connectivity index (χ1n) is 7.63.